The van der Waals surface area contributed by atoms with E-state index in [4.69, 9.17) is 4.98 Å². The summed E-state index contributed by atoms with van der Waals surface area (Å²) < 4.78 is 0. The highest BCUT2D eigenvalue weighted by Gasteiger charge is 2.25. The maximum atomic E-state index is 12.3. The number of ketones is 1. The van der Waals surface area contributed by atoms with Crippen molar-refractivity contribution in [3.8, 4) is 0 Å². The Labute approximate surface area is 209 Å². The van der Waals surface area contributed by atoms with E-state index in [1.165, 1.54) is 18.2 Å². The Morgan fingerprint density at radius 3 is 2.44 bits per heavy atom. The van der Waals surface area contributed by atoms with Crippen molar-refractivity contribution in [2.45, 2.75) is 38.1 Å². The Morgan fingerprint density at radius 1 is 1.03 bits per heavy atom. The van der Waals surface area contributed by atoms with E-state index in [-0.39, 0.29) is 29.6 Å². The lowest BCUT2D eigenvalue weighted by Gasteiger charge is -2.29. The van der Waals surface area contributed by atoms with Gasteiger partial charge in [-0.1, -0.05) is 30.3 Å². The molecular weight excluding hydrogens is 460 g/mol. The highest BCUT2D eigenvalue weighted by atomic mass is 16.6. The molecule has 0 saturated heterocycles. The monoisotopic (exact) mass is 490 g/mol. The van der Waals surface area contributed by atoms with Gasteiger partial charge in [0.05, 0.1) is 10.4 Å². The largest absolute Gasteiger partial charge is 0.362 e. The van der Waals surface area contributed by atoms with Crippen molar-refractivity contribution in [2.75, 3.05) is 30.9 Å². The summed E-state index contributed by atoms with van der Waals surface area (Å²) in [7, 11) is 3.92. The first kappa shape index (κ1) is 25.0. The normalized spacial score (nSPS) is 17.4. The lowest BCUT2D eigenvalue weighted by atomic mass is 9.86. The molecule has 3 aromatic rings. The molecule has 10 nitrogen and oxygen atoms in total. The number of nitro groups is 1. The molecule has 1 heterocycles. The lowest BCUT2D eigenvalue weighted by molar-refractivity contribution is -0.385. The third-order valence-corrected chi connectivity index (χ3v) is 6.53. The van der Waals surface area contributed by atoms with E-state index in [2.05, 4.69) is 15.6 Å². The number of hydrogen-bond acceptors (Lipinski definition) is 8. The molecule has 0 atom stereocenters. The van der Waals surface area contributed by atoms with Crippen LogP contribution < -0.4 is 15.5 Å². The molecule has 1 aliphatic rings. The molecule has 4 rings (SSSR count). The average Bonchev–Trinajstić information content (AvgIpc) is 2.87. The summed E-state index contributed by atoms with van der Waals surface area (Å²) in [5.74, 6) is 0.361. The standard InChI is InChI=1S/C26H30N6O4/c1-31(2)24-20-8-4-5-9-21(20)29-26(30-24)28-19-13-11-17(12-14-19)16-27-25(34)23(33)15-18-7-3-6-10-22(18)32(35)36/h3-10,17,19H,11-16H2,1-2H3,(H,27,34)(H,28,29,30). The first-order chi connectivity index (χ1) is 17.3. The van der Waals surface area contributed by atoms with Crippen LogP contribution in [-0.2, 0) is 16.0 Å². The first-order valence-electron chi connectivity index (χ1n) is 12.1. The van der Waals surface area contributed by atoms with Crippen LogP contribution in [0.5, 0.6) is 0 Å². The van der Waals surface area contributed by atoms with Crippen LogP contribution in [0.25, 0.3) is 10.9 Å². The number of hydrogen-bond donors (Lipinski definition) is 2. The van der Waals surface area contributed by atoms with Gasteiger partial charge in [-0.05, 0) is 43.7 Å². The van der Waals surface area contributed by atoms with Crippen molar-refractivity contribution in [3.63, 3.8) is 0 Å². The molecule has 0 unspecified atom stereocenters. The molecule has 2 N–H and O–H groups in total. The van der Waals surface area contributed by atoms with E-state index in [1.807, 2.05) is 43.3 Å². The molecule has 1 saturated carbocycles. The van der Waals surface area contributed by atoms with Crippen LogP contribution in [0.15, 0.2) is 48.5 Å². The fraction of sp³-hybridized carbons (Fsp3) is 0.385. The highest BCUT2D eigenvalue weighted by Crippen LogP contribution is 2.28. The molecule has 0 aliphatic heterocycles. The van der Waals surface area contributed by atoms with Gasteiger partial charge in [0.1, 0.15) is 5.82 Å². The zero-order valence-electron chi connectivity index (χ0n) is 20.4. The van der Waals surface area contributed by atoms with E-state index in [1.54, 1.807) is 6.07 Å². The minimum atomic E-state index is -0.700. The van der Waals surface area contributed by atoms with E-state index in [0.717, 1.165) is 42.4 Å². The number of aromatic nitrogens is 2. The van der Waals surface area contributed by atoms with Crippen LogP contribution in [0, 0.1) is 16.0 Å². The molecule has 36 heavy (non-hydrogen) atoms. The van der Waals surface area contributed by atoms with Crippen LogP contribution >= 0.6 is 0 Å². The van der Waals surface area contributed by atoms with Gasteiger partial charge in [-0.2, -0.15) is 4.98 Å². The van der Waals surface area contributed by atoms with E-state index >= 15 is 0 Å². The van der Waals surface area contributed by atoms with Crippen LogP contribution in [0.2, 0.25) is 0 Å². The van der Waals surface area contributed by atoms with Gasteiger partial charge in [0.25, 0.3) is 11.6 Å². The number of nitro benzene ring substituents is 1. The Hall–Kier alpha value is -4.08. The lowest BCUT2D eigenvalue weighted by Crippen LogP contribution is -2.38. The number of para-hydroxylation sites is 2. The van der Waals surface area contributed by atoms with Gasteiger partial charge in [-0.15, -0.1) is 0 Å². The van der Waals surface area contributed by atoms with Crippen molar-refractivity contribution in [2.24, 2.45) is 5.92 Å². The average molecular weight is 491 g/mol. The number of rotatable bonds is 9. The number of Topliss-reactive ketones (excluding diaryl/α,β-unsaturated/α-hetero) is 1. The number of nitrogens with zero attached hydrogens (tertiary/aromatic N) is 4. The molecule has 1 aliphatic carbocycles. The van der Waals surface area contributed by atoms with Gasteiger partial charge in [0, 0.05) is 50.1 Å². The number of anilines is 2. The predicted molar refractivity (Wildman–Crippen MR) is 138 cm³/mol. The SMILES string of the molecule is CN(C)c1nc(NC2CCC(CNC(=O)C(=O)Cc3ccccc3[N+](=O)[O-])CC2)nc2ccccc12. The smallest absolute Gasteiger partial charge is 0.287 e. The fourth-order valence-corrected chi connectivity index (χ4v) is 4.59. The van der Waals surface area contributed by atoms with Gasteiger partial charge >= 0.3 is 0 Å². The van der Waals surface area contributed by atoms with Gasteiger partial charge < -0.3 is 15.5 Å². The van der Waals surface area contributed by atoms with E-state index < -0.39 is 16.6 Å². The van der Waals surface area contributed by atoms with Gasteiger partial charge in [-0.3, -0.25) is 19.7 Å². The first-order valence-corrected chi connectivity index (χ1v) is 12.1. The summed E-state index contributed by atoms with van der Waals surface area (Å²) in [6, 6.07) is 14.1. The van der Waals surface area contributed by atoms with Crippen molar-refractivity contribution < 1.29 is 14.5 Å². The second-order valence-electron chi connectivity index (χ2n) is 9.34. The second kappa shape index (κ2) is 11.1. The molecule has 1 fully saturated rings. The number of carbonyl (C=O) groups excluding carboxylic acids is 2. The summed E-state index contributed by atoms with van der Waals surface area (Å²) in [6.45, 7) is 0.408. The molecule has 10 heteroatoms. The summed E-state index contributed by atoms with van der Waals surface area (Å²) in [6.07, 6.45) is 3.30. The number of nitrogens with one attached hydrogen (secondary N) is 2. The van der Waals surface area contributed by atoms with Crippen molar-refractivity contribution >= 4 is 40.0 Å². The Morgan fingerprint density at radius 2 is 1.72 bits per heavy atom. The third-order valence-electron chi connectivity index (χ3n) is 6.53. The van der Waals surface area contributed by atoms with Crippen molar-refractivity contribution in [1.82, 2.24) is 15.3 Å². The highest BCUT2D eigenvalue weighted by molar-refractivity contribution is 6.36. The van der Waals surface area contributed by atoms with E-state index in [9.17, 15) is 19.7 Å². The van der Waals surface area contributed by atoms with Crippen molar-refractivity contribution in [3.05, 3.63) is 64.2 Å². The van der Waals surface area contributed by atoms with Crippen LogP contribution in [-0.4, -0.2) is 53.3 Å². The number of amides is 1. The zero-order valence-corrected chi connectivity index (χ0v) is 20.4. The molecule has 0 radical (unpaired) electrons. The molecule has 0 bridgehead atoms. The minimum Gasteiger partial charge on any atom is -0.362 e. The Kier molecular flexibility index (Phi) is 7.72. The van der Waals surface area contributed by atoms with E-state index in [0.29, 0.717) is 12.5 Å². The zero-order chi connectivity index (χ0) is 25.7. The maximum absolute atomic E-state index is 12.3. The topological polar surface area (TPSA) is 130 Å². The maximum Gasteiger partial charge on any atom is 0.287 e. The van der Waals surface area contributed by atoms with Gasteiger partial charge in [-0.25, -0.2) is 4.98 Å². The molecule has 1 aromatic heterocycles. The van der Waals surface area contributed by atoms with Crippen molar-refractivity contribution in [1.29, 1.82) is 0 Å². The number of benzene rings is 2. The fourth-order valence-electron chi connectivity index (χ4n) is 4.59. The second-order valence-corrected chi connectivity index (χ2v) is 9.34. The summed E-state index contributed by atoms with van der Waals surface area (Å²) in [5.41, 5.74) is 0.973. The molecular formula is C26H30N6O4. The van der Waals surface area contributed by atoms with Gasteiger partial charge in [0.2, 0.25) is 11.7 Å². The Balaban J connectivity index is 1.27. The van der Waals surface area contributed by atoms with Crippen LogP contribution in [0.1, 0.15) is 31.2 Å². The number of carbonyl (C=O) groups is 2. The summed E-state index contributed by atoms with van der Waals surface area (Å²) >= 11 is 0. The summed E-state index contributed by atoms with van der Waals surface area (Å²) in [4.78, 5) is 46.6. The molecule has 2 aromatic carbocycles. The molecule has 0 spiro atoms. The number of fused-ring (bicyclic) bond motifs is 1. The summed E-state index contributed by atoms with van der Waals surface area (Å²) in [5, 5.41) is 18.3. The Bertz CT molecular complexity index is 1270. The van der Waals surface area contributed by atoms with Crippen LogP contribution in [0.4, 0.5) is 17.5 Å². The quantitative estimate of drug-likeness (QED) is 0.265. The predicted octanol–water partition coefficient (Wildman–Crippen LogP) is 3.50. The van der Waals surface area contributed by atoms with Gasteiger partial charge in [0.15, 0.2) is 0 Å². The molecule has 1 amide bonds. The minimum absolute atomic E-state index is 0.155. The third kappa shape index (κ3) is 5.94. The van der Waals surface area contributed by atoms with Crippen LogP contribution in [0.3, 0.4) is 0 Å². The molecule has 188 valence electrons.